The largest absolute Gasteiger partial charge is 0.313 e. The van der Waals surface area contributed by atoms with E-state index in [1.165, 1.54) is 0 Å². The van der Waals surface area contributed by atoms with Crippen LogP contribution in [0.4, 0.5) is 0 Å². The molecule has 0 amide bonds. The SMILES string of the molecule is C=C(C)C(C)(C)N(C)O. The van der Waals surface area contributed by atoms with Crippen LogP contribution in [0.15, 0.2) is 12.2 Å². The van der Waals surface area contributed by atoms with E-state index in [2.05, 4.69) is 6.58 Å². The minimum atomic E-state index is -0.306. The van der Waals surface area contributed by atoms with E-state index in [0.29, 0.717) is 0 Å². The summed E-state index contributed by atoms with van der Waals surface area (Å²) in [6, 6.07) is 0. The average molecular weight is 129 g/mol. The van der Waals surface area contributed by atoms with Crippen molar-refractivity contribution in [2.45, 2.75) is 26.3 Å². The molecular weight excluding hydrogens is 114 g/mol. The zero-order valence-electron chi connectivity index (χ0n) is 6.60. The first kappa shape index (κ1) is 8.66. The molecule has 0 aliphatic carbocycles. The summed E-state index contributed by atoms with van der Waals surface area (Å²) in [5.74, 6) is 0. The Morgan fingerprint density at radius 3 is 1.89 bits per heavy atom. The molecule has 0 heterocycles. The second-order valence-electron chi connectivity index (χ2n) is 2.86. The predicted octanol–water partition coefficient (Wildman–Crippen LogP) is 1.66. The number of hydrogen-bond acceptors (Lipinski definition) is 2. The van der Waals surface area contributed by atoms with Crippen molar-refractivity contribution in [3.8, 4) is 0 Å². The van der Waals surface area contributed by atoms with Crippen molar-refractivity contribution in [1.29, 1.82) is 0 Å². The zero-order chi connectivity index (χ0) is 7.65. The van der Waals surface area contributed by atoms with Gasteiger partial charge in [0.25, 0.3) is 0 Å². The molecule has 1 N–H and O–H groups in total. The molecule has 0 aromatic rings. The fraction of sp³-hybridized carbons (Fsp3) is 0.714. The standard InChI is InChI=1S/C7H15NO/c1-6(2)7(3,4)8(5)9/h9H,1H2,2-5H3. The van der Waals surface area contributed by atoms with Gasteiger partial charge in [0.15, 0.2) is 0 Å². The molecule has 0 unspecified atom stereocenters. The Morgan fingerprint density at radius 1 is 1.56 bits per heavy atom. The number of nitrogens with zero attached hydrogens (tertiary/aromatic N) is 1. The molecule has 9 heavy (non-hydrogen) atoms. The van der Waals surface area contributed by atoms with Crippen LogP contribution in [0.2, 0.25) is 0 Å². The van der Waals surface area contributed by atoms with E-state index in [1.54, 1.807) is 7.05 Å². The van der Waals surface area contributed by atoms with Crippen molar-refractivity contribution in [2.24, 2.45) is 0 Å². The highest BCUT2D eigenvalue weighted by atomic mass is 16.5. The molecule has 0 saturated carbocycles. The topological polar surface area (TPSA) is 23.5 Å². The first-order valence-corrected chi connectivity index (χ1v) is 2.97. The summed E-state index contributed by atoms with van der Waals surface area (Å²) in [5, 5.41) is 10.2. The van der Waals surface area contributed by atoms with Gasteiger partial charge in [-0.2, -0.15) is 5.06 Å². The molecule has 0 aliphatic rings. The molecule has 0 bridgehead atoms. The summed E-state index contributed by atoms with van der Waals surface area (Å²) >= 11 is 0. The minimum absolute atomic E-state index is 0.306. The van der Waals surface area contributed by atoms with Gasteiger partial charge in [0.05, 0.1) is 5.54 Å². The Kier molecular flexibility index (Phi) is 2.40. The summed E-state index contributed by atoms with van der Waals surface area (Å²) < 4.78 is 0. The normalized spacial score (nSPS) is 12.2. The number of hydroxylamine groups is 2. The van der Waals surface area contributed by atoms with Crippen LogP contribution in [-0.2, 0) is 0 Å². The van der Waals surface area contributed by atoms with Crippen LogP contribution < -0.4 is 0 Å². The number of hydrogen-bond donors (Lipinski definition) is 1. The van der Waals surface area contributed by atoms with E-state index in [4.69, 9.17) is 5.21 Å². The van der Waals surface area contributed by atoms with E-state index in [0.717, 1.165) is 10.6 Å². The van der Waals surface area contributed by atoms with Gasteiger partial charge in [-0.3, -0.25) is 0 Å². The third kappa shape index (κ3) is 1.80. The summed E-state index contributed by atoms with van der Waals surface area (Å²) in [6.07, 6.45) is 0. The van der Waals surface area contributed by atoms with Gasteiger partial charge in [0.1, 0.15) is 0 Å². The van der Waals surface area contributed by atoms with Crippen molar-refractivity contribution in [3.63, 3.8) is 0 Å². The maximum atomic E-state index is 9.02. The van der Waals surface area contributed by atoms with Gasteiger partial charge in [-0.1, -0.05) is 12.2 Å². The molecule has 0 fully saturated rings. The average Bonchev–Trinajstić information content (AvgIpc) is 1.65. The van der Waals surface area contributed by atoms with Crippen molar-refractivity contribution in [3.05, 3.63) is 12.2 Å². The highest BCUT2D eigenvalue weighted by molar-refractivity contribution is 5.08. The van der Waals surface area contributed by atoms with Gasteiger partial charge < -0.3 is 5.21 Å². The van der Waals surface area contributed by atoms with Crippen LogP contribution in [-0.4, -0.2) is 22.9 Å². The fourth-order valence-electron chi connectivity index (χ4n) is 0.276. The lowest BCUT2D eigenvalue weighted by molar-refractivity contribution is -0.125. The summed E-state index contributed by atoms with van der Waals surface area (Å²) in [7, 11) is 1.62. The molecule has 0 rings (SSSR count). The predicted molar refractivity (Wildman–Crippen MR) is 38.4 cm³/mol. The van der Waals surface area contributed by atoms with Gasteiger partial charge >= 0.3 is 0 Å². The second kappa shape index (κ2) is 2.50. The highest BCUT2D eigenvalue weighted by Gasteiger charge is 2.22. The van der Waals surface area contributed by atoms with Gasteiger partial charge in [-0.05, 0) is 20.8 Å². The van der Waals surface area contributed by atoms with Gasteiger partial charge in [-0.15, -0.1) is 0 Å². The number of rotatable bonds is 2. The molecule has 2 nitrogen and oxygen atoms in total. The molecule has 0 aromatic heterocycles. The second-order valence-corrected chi connectivity index (χ2v) is 2.86. The molecule has 54 valence electrons. The summed E-state index contributed by atoms with van der Waals surface area (Å²) in [5.41, 5.74) is 0.646. The molecule has 2 heteroatoms. The Bertz CT molecular complexity index is 116. The molecule has 0 saturated heterocycles. The molecule has 0 radical (unpaired) electrons. The Hall–Kier alpha value is -0.340. The van der Waals surface area contributed by atoms with Crippen LogP contribution in [0.25, 0.3) is 0 Å². The van der Waals surface area contributed by atoms with Crippen LogP contribution >= 0.6 is 0 Å². The van der Waals surface area contributed by atoms with Crippen molar-refractivity contribution >= 4 is 0 Å². The third-order valence-corrected chi connectivity index (χ3v) is 1.85. The first-order chi connectivity index (χ1) is 3.89. The number of likely N-dealkylation sites (N-methyl/N-ethyl adjacent to an activating group) is 1. The van der Waals surface area contributed by atoms with E-state index in [-0.39, 0.29) is 5.54 Å². The van der Waals surface area contributed by atoms with E-state index in [1.807, 2.05) is 20.8 Å². The molecule has 0 aliphatic heterocycles. The van der Waals surface area contributed by atoms with Crippen LogP contribution in [0.1, 0.15) is 20.8 Å². The lowest BCUT2D eigenvalue weighted by Gasteiger charge is -2.30. The monoisotopic (exact) mass is 129 g/mol. The van der Waals surface area contributed by atoms with Gasteiger partial charge in [0, 0.05) is 7.05 Å². The Balaban J connectivity index is 4.19. The summed E-state index contributed by atoms with van der Waals surface area (Å²) in [6.45, 7) is 9.47. The maximum Gasteiger partial charge on any atom is 0.0604 e. The van der Waals surface area contributed by atoms with Crippen molar-refractivity contribution in [1.82, 2.24) is 5.06 Å². The molecule has 0 spiro atoms. The zero-order valence-corrected chi connectivity index (χ0v) is 6.60. The maximum absolute atomic E-state index is 9.02. The fourth-order valence-corrected chi connectivity index (χ4v) is 0.276. The van der Waals surface area contributed by atoms with Gasteiger partial charge in [-0.25, -0.2) is 0 Å². The van der Waals surface area contributed by atoms with E-state index >= 15 is 0 Å². The third-order valence-electron chi connectivity index (χ3n) is 1.85. The highest BCUT2D eigenvalue weighted by Crippen LogP contribution is 2.17. The smallest absolute Gasteiger partial charge is 0.0604 e. The van der Waals surface area contributed by atoms with E-state index < -0.39 is 0 Å². The first-order valence-electron chi connectivity index (χ1n) is 2.97. The van der Waals surface area contributed by atoms with Crippen molar-refractivity contribution < 1.29 is 5.21 Å². The Morgan fingerprint density at radius 2 is 1.89 bits per heavy atom. The minimum Gasteiger partial charge on any atom is -0.313 e. The molecule has 0 atom stereocenters. The van der Waals surface area contributed by atoms with Crippen LogP contribution in [0, 0.1) is 0 Å². The van der Waals surface area contributed by atoms with Crippen LogP contribution in [0.3, 0.4) is 0 Å². The lowest BCUT2D eigenvalue weighted by Crippen LogP contribution is -2.39. The molecule has 0 aromatic carbocycles. The summed E-state index contributed by atoms with van der Waals surface area (Å²) in [4.78, 5) is 0. The molecular formula is C7H15NO. The van der Waals surface area contributed by atoms with Gasteiger partial charge in [0.2, 0.25) is 0 Å². The van der Waals surface area contributed by atoms with Crippen molar-refractivity contribution in [2.75, 3.05) is 7.05 Å². The quantitative estimate of drug-likeness (QED) is 0.453. The Labute approximate surface area is 56.7 Å². The lowest BCUT2D eigenvalue weighted by atomic mass is 9.97. The van der Waals surface area contributed by atoms with Crippen LogP contribution in [0.5, 0.6) is 0 Å². The van der Waals surface area contributed by atoms with E-state index in [9.17, 15) is 0 Å².